The van der Waals surface area contributed by atoms with E-state index < -0.39 is 0 Å². The Labute approximate surface area is 85.8 Å². The van der Waals surface area contributed by atoms with Gasteiger partial charge >= 0.3 is 0 Å². The van der Waals surface area contributed by atoms with Gasteiger partial charge in [-0.3, -0.25) is 0 Å². The van der Waals surface area contributed by atoms with Gasteiger partial charge in [-0.05, 0) is 29.2 Å². The third kappa shape index (κ3) is 5.41. The lowest BCUT2D eigenvalue weighted by molar-refractivity contribution is 0.337. The van der Waals surface area contributed by atoms with E-state index >= 15 is 0 Å². The number of hydrogen-bond donors (Lipinski definition) is 0. The van der Waals surface area contributed by atoms with Crippen LogP contribution in [0.15, 0.2) is 0 Å². The molecule has 0 aromatic rings. The largest absolute Gasteiger partial charge is 0.0601 e. The van der Waals surface area contributed by atoms with Gasteiger partial charge in [0.1, 0.15) is 0 Å². The van der Waals surface area contributed by atoms with Crippen LogP contribution in [-0.4, -0.2) is 11.8 Å². The van der Waals surface area contributed by atoms with E-state index in [1.54, 1.807) is 0 Å². The molecule has 11 heavy (non-hydrogen) atoms. The summed E-state index contributed by atoms with van der Waals surface area (Å²) in [6.45, 7) is 14.1. The van der Waals surface area contributed by atoms with Gasteiger partial charge in [-0.2, -0.15) is 0 Å². The van der Waals surface area contributed by atoms with Gasteiger partial charge in [0.2, 0.25) is 0 Å². The highest BCUT2D eigenvalue weighted by Gasteiger charge is 2.28. The molecule has 0 bridgehead atoms. The Balaban J connectivity index is 4.13. The van der Waals surface area contributed by atoms with Crippen molar-refractivity contribution in [3.8, 4) is 0 Å². The van der Waals surface area contributed by atoms with E-state index in [1.807, 2.05) is 0 Å². The van der Waals surface area contributed by atoms with Crippen molar-refractivity contribution in [2.75, 3.05) is 6.66 Å². The van der Waals surface area contributed by atoms with Crippen LogP contribution in [0.5, 0.6) is 0 Å². The fourth-order valence-corrected chi connectivity index (χ4v) is 2.61. The van der Waals surface area contributed by atoms with E-state index in [0.717, 1.165) is 0 Å². The van der Waals surface area contributed by atoms with E-state index in [0.29, 0.717) is 10.6 Å². The van der Waals surface area contributed by atoms with Crippen LogP contribution in [0.3, 0.4) is 0 Å². The Bertz CT molecular complexity index is 122. The average molecular weight is 286 g/mol. The Morgan fingerprint density at radius 1 is 1.09 bits per heavy atom. The second-order valence-electron chi connectivity index (χ2n) is 5.03. The standard InChI is InChI=1S/C9H20IP/c1-8(2,3)7-9(4,5)11(6)10/h7H2,1-6H3. The van der Waals surface area contributed by atoms with Gasteiger partial charge in [0, 0.05) is 0 Å². The number of hydrogen-bond acceptors (Lipinski definition) is 0. The van der Waals surface area contributed by atoms with Crippen LogP contribution in [0.4, 0.5) is 0 Å². The minimum Gasteiger partial charge on any atom is -0.0601 e. The van der Waals surface area contributed by atoms with Crippen LogP contribution < -0.4 is 0 Å². The molecule has 0 fully saturated rings. The van der Waals surface area contributed by atoms with Crippen molar-refractivity contribution in [3.63, 3.8) is 0 Å². The molecule has 0 aliphatic rings. The zero-order valence-corrected chi connectivity index (χ0v) is 11.6. The van der Waals surface area contributed by atoms with Crippen molar-refractivity contribution in [3.05, 3.63) is 0 Å². The lowest BCUT2D eigenvalue weighted by atomic mass is 9.86. The summed E-state index contributed by atoms with van der Waals surface area (Å²) in [6.07, 6.45) is 1.32. The highest BCUT2D eigenvalue weighted by Crippen LogP contribution is 2.57. The first-order chi connectivity index (χ1) is 4.65. The fraction of sp³-hybridized carbons (Fsp3) is 1.00. The SMILES string of the molecule is CP(I)C(C)(C)CC(C)(C)C. The molecule has 0 aliphatic heterocycles. The van der Waals surface area contributed by atoms with Crippen LogP contribution in [0.1, 0.15) is 41.0 Å². The molecule has 0 aromatic heterocycles. The van der Waals surface area contributed by atoms with E-state index in [2.05, 4.69) is 63.3 Å². The lowest BCUT2D eigenvalue weighted by Gasteiger charge is -2.34. The molecule has 1 atom stereocenters. The first-order valence-corrected chi connectivity index (χ1v) is 8.62. The zero-order valence-electron chi connectivity index (χ0n) is 8.53. The maximum atomic E-state index is 2.59. The zero-order chi connectivity index (χ0) is 9.28. The highest BCUT2D eigenvalue weighted by atomic mass is 127. The Morgan fingerprint density at radius 3 is 1.55 bits per heavy atom. The van der Waals surface area contributed by atoms with E-state index in [4.69, 9.17) is 0 Å². The molecule has 0 N–H and O–H groups in total. The van der Waals surface area contributed by atoms with Gasteiger partial charge in [-0.15, -0.1) is 0 Å². The molecule has 0 spiro atoms. The molecular formula is C9H20IP. The van der Waals surface area contributed by atoms with E-state index in [1.165, 1.54) is 6.42 Å². The van der Waals surface area contributed by atoms with Gasteiger partial charge in [0.05, 0.1) is 0 Å². The highest BCUT2D eigenvalue weighted by molar-refractivity contribution is 14.2. The maximum absolute atomic E-state index is 2.59. The molecule has 0 rings (SSSR count). The van der Waals surface area contributed by atoms with Crippen LogP contribution in [0.2, 0.25) is 0 Å². The quantitative estimate of drug-likeness (QED) is 0.511. The van der Waals surface area contributed by atoms with Crippen molar-refractivity contribution in [2.24, 2.45) is 5.41 Å². The topological polar surface area (TPSA) is 0 Å². The van der Waals surface area contributed by atoms with E-state index in [9.17, 15) is 0 Å². The van der Waals surface area contributed by atoms with Crippen molar-refractivity contribution >= 4 is 27.6 Å². The Hall–Kier alpha value is 1.16. The summed E-state index contributed by atoms with van der Waals surface area (Å²) in [7, 11) is 0. The van der Waals surface area contributed by atoms with Crippen LogP contribution >= 0.6 is 27.6 Å². The molecule has 1 unspecified atom stereocenters. The second kappa shape index (κ2) is 3.91. The number of halogens is 1. The van der Waals surface area contributed by atoms with E-state index in [-0.39, 0.29) is 5.56 Å². The minimum absolute atomic E-state index is 0.162. The Kier molecular flexibility index (Phi) is 4.32. The monoisotopic (exact) mass is 286 g/mol. The van der Waals surface area contributed by atoms with Crippen molar-refractivity contribution < 1.29 is 0 Å². The molecule has 0 saturated heterocycles. The average Bonchev–Trinajstić information content (AvgIpc) is 1.56. The predicted molar refractivity (Wildman–Crippen MR) is 65.0 cm³/mol. The van der Waals surface area contributed by atoms with Crippen molar-refractivity contribution in [1.29, 1.82) is 0 Å². The molecule has 68 valence electrons. The number of rotatable bonds is 2. The summed E-state index contributed by atoms with van der Waals surface area (Å²) in [6, 6.07) is 0. The molecule has 0 radical (unpaired) electrons. The van der Waals surface area contributed by atoms with Gasteiger partial charge in [-0.1, -0.05) is 56.7 Å². The molecule has 0 aliphatic carbocycles. The molecule has 0 amide bonds. The second-order valence-corrected chi connectivity index (χ2v) is 11.5. The van der Waals surface area contributed by atoms with Crippen molar-refractivity contribution in [2.45, 2.75) is 46.2 Å². The molecule has 2 heteroatoms. The molecule has 0 nitrogen and oxygen atoms in total. The maximum Gasteiger partial charge on any atom is -0.00584 e. The van der Waals surface area contributed by atoms with Crippen LogP contribution in [0.25, 0.3) is 0 Å². The molecule has 0 heterocycles. The lowest BCUT2D eigenvalue weighted by Crippen LogP contribution is -2.23. The predicted octanol–water partition coefficient (Wildman–Crippen LogP) is 4.66. The minimum atomic E-state index is 0.162. The fourth-order valence-electron chi connectivity index (χ4n) is 1.41. The van der Waals surface area contributed by atoms with Gasteiger partial charge in [0.25, 0.3) is 0 Å². The summed E-state index contributed by atoms with van der Waals surface area (Å²) in [4.78, 5) is 0. The molecule has 0 aromatic carbocycles. The first kappa shape index (κ1) is 12.2. The molecule has 0 saturated carbocycles. The first-order valence-electron chi connectivity index (χ1n) is 4.05. The normalized spacial score (nSPS) is 16.6. The van der Waals surface area contributed by atoms with Gasteiger partial charge < -0.3 is 0 Å². The Morgan fingerprint density at radius 2 is 1.45 bits per heavy atom. The summed E-state index contributed by atoms with van der Waals surface area (Å²) < 4.78 is 0. The summed E-state index contributed by atoms with van der Waals surface area (Å²) >= 11 is 2.59. The molecular weight excluding hydrogens is 266 g/mol. The van der Waals surface area contributed by atoms with Gasteiger partial charge in [0.15, 0.2) is 0 Å². The summed E-state index contributed by atoms with van der Waals surface area (Å²) in [5, 5.41) is 0.536. The summed E-state index contributed by atoms with van der Waals surface area (Å²) in [5.74, 6) is 0. The third-order valence-electron chi connectivity index (χ3n) is 1.80. The smallest absolute Gasteiger partial charge is 0.00584 e. The van der Waals surface area contributed by atoms with Gasteiger partial charge in [-0.25, -0.2) is 0 Å². The van der Waals surface area contributed by atoms with Crippen LogP contribution in [0, 0.1) is 5.41 Å². The third-order valence-corrected chi connectivity index (χ3v) is 7.54. The van der Waals surface area contributed by atoms with Crippen molar-refractivity contribution in [1.82, 2.24) is 0 Å². The van der Waals surface area contributed by atoms with Crippen LogP contribution in [-0.2, 0) is 0 Å². The summed E-state index contributed by atoms with van der Waals surface area (Å²) in [5.41, 5.74) is 0.639.